The summed E-state index contributed by atoms with van der Waals surface area (Å²) in [4.78, 5) is 29.0. The molecule has 0 saturated heterocycles. The molecule has 2 N–H and O–H groups in total. The molecule has 0 aliphatic heterocycles. The quantitative estimate of drug-likeness (QED) is 0.667. The summed E-state index contributed by atoms with van der Waals surface area (Å²) in [6.45, 7) is 6.97. The topological polar surface area (TPSA) is 71.1 Å². The van der Waals surface area contributed by atoms with Gasteiger partial charge in [-0.3, -0.25) is 14.9 Å². The first-order valence-corrected chi connectivity index (χ1v) is 11.4. The van der Waals surface area contributed by atoms with Crippen LogP contribution in [-0.2, 0) is 11.2 Å². The number of benzene rings is 1. The van der Waals surface area contributed by atoms with E-state index in [-0.39, 0.29) is 24.3 Å². The standard InChI is InChI=1S/C23H31N3O2S/c1-4-23(2,3)17-10-12-18(13-11-17)24-20(27)14-19-15-29-22(25-19)26-21(28)16-8-6-5-7-9-16/h5-9,15,17-18H,4,10-14H2,1-3H3,(H,24,27)(H,25,26,28). The number of aromatic nitrogens is 1. The van der Waals surface area contributed by atoms with E-state index < -0.39 is 0 Å². The van der Waals surface area contributed by atoms with Gasteiger partial charge in [0.05, 0.1) is 12.1 Å². The van der Waals surface area contributed by atoms with Crippen molar-refractivity contribution in [3.63, 3.8) is 0 Å². The number of anilines is 1. The molecule has 0 radical (unpaired) electrons. The van der Waals surface area contributed by atoms with Gasteiger partial charge >= 0.3 is 0 Å². The Hall–Kier alpha value is -2.21. The lowest BCUT2D eigenvalue weighted by Gasteiger charge is -2.39. The number of thiazole rings is 1. The molecule has 2 amide bonds. The van der Waals surface area contributed by atoms with Gasteiger partial charge in [0.1, 0.15) is 0 Å². The first-order valence-electron chi connectivity index (χ1n) is 10.5. The molecule has 6 heteroatoms. The second kappa shape index (κ2) is 9.53. The second-order valence-corrected chi connectivity index (χ2v) is 9.46. The van der Waals surface area contributed by atoms with Crippen LogP contribution in [0.5, 0.6) is 0 Å². The monoisotopic (exact) mass is 413 g/mol. The van der Waals surface area contributed by atoms with Gasteiger partial charge in [-0.25, -0.2) is 4.98 Å². The number of carbonyl (C=O) groups is 2. The van der Waals surface area contributed by atoms with Crippen molar-refractivity contribution in [2.75, 3.05) is 5.32 Å². The van der Waals surface area contributed by atoms with E-state index >= 15 is 0 Å². The summed E-state index contributed by atoms with van der Waals surface area (Å²) in [5.41, 5.74) is 1.66. The van der Waals surface area contributed by atoms with Crippen LogP contribution in [0.15, 0.2) is 35.7 Å². The molecule has 1 aliphatic carbocycles. The van der Waals surface area contributed by atoms with Crippen LogP contribution in [0.1, 0.15) is 68.9 Å². The van der Waals surface area contributed by atoms with Crippen LogP contribution < -0.4 is 10.6 Å². The van der Waals surface area contributed by atoms with Gasteiger partial charge in [0.15, 0.2) is 5.13 Å². The second-order valence-electron chi connectivity index (χ2n) is 8.60. The normalized spacial score (nSPS) is 19.6. The smallest absolute Gasteiger partial charge is 0.257 e. The zero-order valence-electron chi connectivity index (χ0n) is 17.5. The van der Waals surface area contributed by atoms with Gasteiger partial charge in [0, 0.05) is 17.0 Å². The van der Waals surface area contributed by atoms with E-state index in [2.05, 4.69) is 36.4 Å². The van der Waals surface area contributed by atoms with E-state index in [1.807, 2.05) is 23.6 Å². The molecule has 0 bridgehead atoms. The van der Waals surface area contributed by atoms with Crippen LogP contribution in [0, 0.1) is 11.3 Å². The third kappa shape index (κ3) is 5.89. The molecule has 2 aromatic rings. The summed E-state index contributed by atoms with van der Waals surface area (Å²) in [6, 6.07) is 9.30. The summed E-state index contributed by atoms with van der Waals surface area (Å²) in [5.74, 6) is 0.562. The number of nitrogens with zero attached hydrogens (tertiary/aromatic N) is 1. The molecule has 1 heterocycles. The third-order valence-corrected chi connectivity index (χ3v) is 7.07. The van der Waals surface area contributed by atoms with Crippen molar-refractivity contribution in [2.24, 2.45) is 11.3 Å². The molecular formula is C23H31N3O2S. The maximum absolute atomic E-state index is 12.4. The summed E-state index contributed by atoms with van der Waals surface area (Å²) in [5, 5.41) is 8.32. The van der Waals surface area contributed by atoms with Gasteiger partial charge < -0.3 is 5.32 Å². The highest BCUT2D eigenvalue weighted by Crippen LogP contribution is 2.40. The fraction of sp³-hybridized carbons (Fsp3) is 0.522. The maximum Gasteiger partial charge on any atom is 0.257 e. The van der Waals surface area contributed by atoms with E-state index in [1.165, 1.54) is 30.6 Å². The Morgan fingerprint density at radius 1 is 1.14 bits per heavy atom. The average molecular weight is 414 g/mol. The number of nitrogens with one attached hydrogen (secondary N) is 2. The van der Waals surface area contributed by atoms with Crippen molar-refractivity contribution < 1.29 is 9.59 Å². The van der Waals surface area contributed by atoms with Crippen molar-refractivity contribution in [1.82, 2.24) is 10.3 Å². The molecule has 29 heavy (non-hydrogen) atoms. The molecule has 156 valence electrons. The van der Waals surface area contributed by atoms with E-state index in [4.69, 9.17) is 0 Å². The number of carbonyl (C=O) groups excluding carboxylic acids is 2. The Labute approximate surface area is 177 Å². The molecule has 0 unspecified atom stereocenters. The van der Waals surface area contributed by atoms with Gasteiger partial charge in [0.2, 0.25) is 5.91 Å². The zero-order valence-corrected chi connectivity index (χ0v) is 18.3. The minimum absolute atomic E-state index is 0.00874. The molecule has 0 spiro atoms. The lowest BCUT2D eigenvalue weighted by atomic mass is 9.69. The highest BCUT2D eigenvalue weighted by molar-refractivity contribution is 7.14. The highest BCUT2D eigenvalue weighted by atomic mass is 32.1. The van der Waals surface area contributed by atoms with Crippen molar-refractivity contribution in [1.29, 1.82) is 0 Å². The van der Waals surface area contributed by atoms with Crippen LogP contribution in [0.3, 0.4) is 0 Å². The summed E-state index contributed by atoms with van der Waals surface area (Å²) < 4.78 is 0. The Morgan fingerprint density at radius 3 is 2.48 bits per heavy atom. The van der Waals surface area contributed by atoms with Crippen LogP contribution >= 0.6 is 11.3 Å². The number of hydrogen-bond acceptors (Lipinski definition) is 4. The van der Waals surface area contributed by atoms with E-state index in [1.54, 1.807) is 12.1 Å². The summed E-state index contributed by atoms with van der Waals surface area (Å²) >= 11 is 1.34. The highest BCUT2D eigenvalue weighted by Gasteiger charge is 2.32. The molecule has 1 fully saturated rings. The van der Waals surface area contributed by atoms with Crippen molar-refractivity contribution in [3.8, 4) is 0 Å². The van der Waals surface area contributed by atoms with Gasteiger partial charge in [-0.15, -0.1) is 11.3 Å². The van der Waals surface area contributed by atoms with Crippen LogP contribution in [0.25, 0.3) is 0 Å². The Kier molecular flexibility index (Phi) is 7.06. The Morgan fingerprint density at radius 2 is 1.83 bits per heavy atom. The number of hydrogen-bond donors (Lipinski definition) is 2. The summed E-state index contributed by atoms with van der Waals surface area (Å²) in [7, 11) is 0. The number of amides is 2. The lowest BCUT2D eigenvalue weighted by Crippen LogP contribution is -2.40. The van der Waals surface area contributed by atoms with Gasteiger partial charge in [-0.1, -0.05) is 45.4 Å². The third-order valence-electron chi connectivity index (χ3n) is 6.26. The molecule has 1 aromatic carbocycles. The molecule has 1 saturated carbocycles. The largest absolute Gasteiger partial charge is 0.353 e. The predicted molar refractivity (Wildman–Crippen MR) is 118 cm³/mol. The van der Waals surface area contributed by atoms with Crippen molar-refractivity contribution >= 4 is 28.3 Å². The SMILES string of the molecule is CCC(C)(C)C1CCC(NC(=O)Cc2csc(NC(=O)c3ccccc3)n2)CC1. The first-order chi connectivity index (χ1) is 13.9. The molecule has 5 nitrogen and oxygen atoms in total. The fourth-order valence-corrected chi connectivity index (χ4v) is 4.66. The van der Waals surface area contributed by atoms with Crippen molar-refractivity contribution in [3.05, 3.63) is 47.0 Å². The Balaban J connectivity index is 1.45. The van der Waals surface area contributed by atoms with Gasteiger partial charge in [0.25, 0.3) is 5.91 Å². The minimum Gasteiger partial charge on any atom is -0.353 e. The summed E-state index contributed by atoms with van der Waals surface area (Å²) in [6.07, 6.45) is 5.90. The van der Waals surface area contributed by atoms with Crippen molar-refractivity contribution in [2.45, 2.75) is 65.3 Å². The predicted octanol–water partition coefficient (Wildman–Crippen LogP) is 5.05. The Bertz CT molecular complexity index is 824. The van der Waals surface area contributed by atoms with E-state index in [0.29, 0.717) is 21.8 Å². The molecule has 0 atom stereocenters. The van der Waals surface area contributed by atoms with Crippen LogP contribution in [0.4, 0.5) is 5.13 Å². The molecule has 1 aromatic heterocycles. The molecule has 1 aliphatic rings. The molecular weight excluding hydrogens is 382 g/mol. The fourth-order valence-electron chi connectivity index (χ4n) is 3.96. The van der Waals surface area contributed by atoms with Gasteiger partial charge in [-0.2, -0.15) is 0 Å². The van der Waals surface area contributed by atoms with Gasteiger partial charge in [-0.05, 0) is 49.1 Å². The zero-order chi connectivity index (χ0) is 20.9. The van der Waals surface area contributed by atoms with E-state index in [9.17, 15) is 9.59 Å². The lowest BCUT2D eigenvalue weighted by molar-refractivity contribution is -0.121. The minimum atomic E-state index is -0.192. The maximum atomic E-state index is 12.4. The number of rotatable bonds is 7. The molecule has 3 rings (SSSR count). The van der Waals surface area contributed by atoms with E-state index in [0.717, 1.165) is 18.8 Å². The first kappa shape index (κ1) is 21.5. The van der Waals surface area contributed by atoms with Crippen LogP contribution in [0.2, 0.25) is 0 Å². The average Bonchev–Trinajstić information content (AvgIpc) is 3.15. The van der Waals surface area contributed by atoms with Crippen LogP contribution in [-0.4, -0.2) is 22.8 Å².